The molecular weight excluding hydrogens is 256 g/mol. The predicted molar refractivity (Wildman–Crippen MR) is 56.8 cm³/mol. The number of nitrogens with two attached hydrogens (primary N) is 1. The lowest BCUT2D eigenvalue weighted by molar-refractivity contribution is 0.306. The maximum absolute atomic E-state index is 13.7. The van der Waals surface area contributed by atoms with Gasteiger partial charge in [0.05, 0.1) is 0 Å². The smallest absolute Gasteiger partial charge is 0.152 e. The Morgan fingerprint density at radius 2 is 2.15 bits per heavy atom. The van der Waals surface area contributed by atoms with E-state index in [0.29, 0.717) is 12.0 Å². The van der Waals surface area contributed by atoms with Gasteiger partial charge in [0.25, 0.3) is 0 Å². The second-order valence-corrected chi connectivity index (χ2v) is 4.10. The molecule has 1 aromatic carbocycles. The van der Waals surface area contributed by atoms with Gasteiger partial charge in [0.1, 0.15) is 0 Å². The third-order valence-electron chi connectivity index (χ3n) is 2.25. The molecule has 72 valence electrons. The molecule has 0 spiro atoms. The predicted octanol–water partition coefficient (Wildman–Crippen LogP) is 2.77. The van der Waals surface area contributed by atoms with Crippen molar-refractivity contribution in [1.82, 2.24) is 0 Å². The average molecular weight is 267 g/mol. The lowest BCUT2D eigenvalue weighted by Crippen LogP contribution is -2.12. The van der Waals surface area contributed by atoms with Crippen LogP contribution < -0.4 is 5.73 Å². The van der Waals surface area contributed by atoms with Crippen molar-refractivity contribution >= 4 is 28.3 Å². The first-order valence-corrected chi connectivity index (χ1v) is 4.63. The van der Waals surface area contributed by atoms with Crippen molar-refractivity contribution in [2.24, 2.45) is 5.73 Å². The number of alkyl halides is 1. The van der Waals surface area contributed by atoms with E-state index >= 15 is 0 Å². The van der Waals surface area contributed by atoms with Gasteiger partial charge in [0.2, 0.25) is 0 Å². The maximum Gasteiger partial charge on any atom is 0.152 e. The number of halogens is 3. The highest BCUT2D eigenvalue weighted by molar-refractivity contribution is 9.10. The van der Waals surface area contributed by atoms with E-state index in [2.05, 4.69) is 15.9 Å². The molecule has 4 heteroatoms. The van der Waals surface area contributed by atoms with E-state index < -0.39 is 5.67 Å². The van der Waals surface area contributed by atoms with Gasteiger partial charge in [-0.25, -0.2) is 4.39 Å². The summed E-state index contributed by atoms with van der Waals surface area (Å²) in [5.41, 5.74) is 4.92. The molecule has 2 N–H and O–H groups in total. The summed E-state index contributed by atoms with van der Waals surface area (Å²) < 4.78 is 14.6. The van der Waals surface area contributed by atoms with Gasteiger partial charge in [-0.1, -0.05) is 28.1 Å². The Hall–Kier alpha value is -0.120. The first-order chi connectivity index (χ1) is 5.63. The number of hydrogen-bond donors (Lipinski definition) is 1. The van der Waals surface area contributed by atoms with Gasteiger partial charge in [-0.3, -0.25) is 0 Å². The van der Waals surface area contributed by atoms with Crippen LogP contribution in [0, 0.1) is 0 Å². The molecule has 13 heavy (non-hydrogen) atoms. The first kappa shape index (κ1) is 11.0. The Labute approximate surface area is 91.0 Å². The minimum absolute atomic E-state index is 0. The summed E-state index contributed by atoms with van der Waals surface area (Å²) in [4.78, 5) is 0. The quantitative estimate of drug-likeness (QED) is 0.831. The van der Waals surface area contributed by atoms with Crippen LogP contribution in [0.15, 0.2) is 28.7 Å². The lowest BCUT2D eigenvalue weighted by atomic mass is 10.1. The van der Waals surface area contributed by atoms with Crippen molar-refractivity contribution in [3.05, 3.63) is 34.3 Å². The molecule has 2 unspecified atom stereocenters. The molecule has 1 aliphatic rings. The minimum Gasteiger partial charge on any atom is -0.325 e. The molecule has 0 radical (unpaired) electrons. The van der Waals surface area contributed by atoms with E-state index in [0.717, 1.165) is 4.47 Å². The summed E-state index contributed by atoms with van der Waals surface area (Å²) in [6.45, 7) is 0. The van der Waals surface area contributed by atoms with Gasteiger partial charge in [0.15, 0.2) is 5.67 Å². The SMILES string of the molecule is Cl.NC1CC1(F)c1cccc(Br)c1. The van der Waals surface area contributed by atoms with Gasteiger partial charge in [0, 0.05) is 16.9 Å². The van der Waals surface area contributed by atoms with Gasteiger partial charge in [-0.2, -0.15) is 0 Å². The second kappa shape index (κ2) is 3.56. The Bertz CT molecular complexity index is 320. The fourth-order valence-electron chi connectivity index (χ4n) is 1.34. The van der Waals surface area contributed by atoms with Gasteiger partial charge in [-0.15, -0.1) is 12.4 Å². The highest BCUT2D eigenvalue weighted by Crippen LogP contribution is 2.48. The summed E-state index contributed by atoms with van der Waals surface area (Å²) in [6.07, 6.45) is 0.448. The summed E-state index contributed by atoms with van der Waals surface area (Å²) >= 11 is 3.29. The van der Waals surface area contributed by atoms with Crippen LogP contribution in [0.2, 0.25) is 0 Å². The van der Waals surface area contributed by atoms with E-state index in [-0.39, 0.29) is 18.4 Å². The summed E-state index contributed by atoms with van der Waals surface area (Å²) in [5, 5.41) is 0. The number of hydrogen-bond acceptors (Lipinski definition) is 1. The number of benzene rings is 1. The maximum atomic E-state index is 13.7. The Morgan fingerprint density at radius 3 is 2.62 bits per heavy atom. The van der Waals surface area contributed by atoms with Crippen LogP contribution in [0.25, 0.3) is 0 Å². The largest absolute Gasteiger partial charge is 0.325 e. The lowest BCUT2D eigenvalue weighted by Gasteiger charge is -2.05. The molecule has 0 aliphatic heterocycles. The molecule has 2 atom stereocenters. The van der Waals surface area contributed by atoms with E-state index in [1.54, 1.807) is 12.1 Å². The van der Waals surface area contributed by atoms with Crippen molar-refractivity contribution in [1.29, 1.82) is 0 Å². The van der Waals surface area contributed by atoms with Gasteiger partial charge in [-0.05, 0) is 17.7 Å². The number of rotatable bonds is 1. The van der Waals surface area contributed by atoms with Crippen LogP contribution in [0.1, 0.15) is 12.0 Å². The standard InChI is InChI=1S/C9H9BrFN.ClH/c10-7-3-1-2-6(4-7)9(11)5-8(9)12;/h1-4,8H,5,12H2;1H. The summed E-state index contributed by atoms with van der Waals surface area (Å²) in [6, 6.07) is 6.95. The molecule has 1 nitrogen and oxygen atoms in total. The van der Waals surface area contributed by atoms with Gasteiger partial charge < -0.3 is 5.73 Å². The van der Waals surface area contributed by atoms with E-state index in [9.17, 15) is 4.39 Å². The monoisotopic (exact) mass is 265 g/mol. The van der Waals surface area contributed by atoms with Crippen LogP contribution in [-0.2, 0) is 5.67 Å². The van der Waals surface area contributed by atoms with Crippen LogP contribution >= 0.6 is 28.3 Å². The molecular formula is C9H10BrClFN. The van der Waals surface area contributed by atoms with Crippen molar-refractivity contribution in [3.63, 3.8) is 0 Å². The fraction of sp³-hybridized carbons (Fsp3) is 0.333. The van der Waals surface area contributed by atoms with Crippen molar-refractivity contribution in [2.75, 3.05) is 0 Å². The highest BCUT2D eigenvalue weighted by Gasteiger charge is 2.54. The van der Waals surface area contributed by atoms with Crippen LogP contribution in [0.4, 0.5) is 4.39 Å². The molecule has 0 bridgehead atoms. The summed E-state index contributed by atoms with van der Waals surface area (Å²) in [5.74, 6) is 0. The van der Waals surface area contributed by atoms with E-state index in [1.807, 2.05) is 12.1 Å². The molecule has 1 aliphatic carbocycles. The molecule has 0 aromatic heterocycles. The molecule has 1 fully saturated rings. The van der Waals surface area contributed by atoms with Gasteiger partial charge >= 0.3 is 0 Å². The third kappa shape index (κ3) is 1.87. The van der Waals surface area contributed by atoms with Crippen LogP contribution in [0.5, 0.6) is 0 Å². The topological polar surface area (TPSA) is 26.0 Å². The molecule has 0 saturated heterocycles. The highest BCUT2D eigenvalue weighted by atomic mass is 79.9. The molecule has 2 rings (SSSR count). The second-order valence-electron chi connectivity index (χ2n) is 3.18. The average Bonchev–Trinajstić information content (AvgIpc) is 2.61. The van der Waals surface area contributed by atoms with E-state index in [4.69, 9.17) is 5.73 Å². The van der Waals surface area contributed by atoms with Crippen LogP contribution in [0.3, 0.4) is 0 Å². The zero-order valence-electron chi connectivity index (χ0n) is 6.84. The molecule has 1 saturated carbocycles. The van der Waals surface area contributed by atoms with Crippen molar-refractivity contribution < 1.29 is 4.39 Å². The normalized spacial score (nSPS) is 30.8. The Balaban J connectivity index is 0.000000845. The third-order valence-corrected chi connectivity index (χ3v) is 2.74. The van der Waals surface area contributed by atoms with E-state index in [1.165, 1.54) is 0 Å². The minimum atomic E-state index is -1.26. The van der Waals surface area contributed by atoms with Crippen molar-refractivity contribution in [2.45, 2.75) is 18.1 Å². The molecule has 1 aromatic rings. The zero-order chi connectivity index (χ0) is 8.77. The fourth-order valence-corrected chi connectivity index (χ4v) is 1.74. The van der Waals surface area contributed by atoms with Crippen molar-refractivity contribution in [3.8, 4) is 0 Å². The Morgan fingerprint density at radius 1 is 1.54 bits per heavy atom. The zero-order valence-corrected chi connectivity index (χ0v) is 9.24. The van der Waals surface area contributed by atoms with Crippen LogP contribution in [-0.4, -0.2) is 6.04 Å². The summed E-state index contributed by atoms with van der Waals surface area (Å²) in [7, 11) is 0. The Kier molecular flexibility index (Phi) is 3.00. The first-order valence-electron chi connectivity index (χ1n) is 3.83. The molecule has 0 heterocycles. The molecule has 0 amide bonds.